The van der Waals surface area contributed by atoms with Gasteiger partial charge in [-0.15, -0.1) is 0 Å². The molecule has 1 heterocycles. The summed E-state index contributed by atoms with van der Waals surface area (Å²) in [6, 6.07) is 30.3. The van der Waals surface area contributed by atoms with E-state index in [1.807, 2.05) is 54.6 Å². The van der Waals surface area contributed by atoms with E-state index in [-0.39, 0.29) is 0 Å². The normalized spacial score (nSPS) is 16.8. The SMILES string of the molecule is [O][SH]1C=C(Oc2ccccc2)c2ccc(-c3cccc4ccccc34)cc21. The molecule has 0 amide bonds. The van der Waals surface area contributed by atoms with Gasteiger partial charge in [0.2, 0.25) is 0 Å². The van der Waals surface area contributed by atoms with E-state index in [1.165, 1.54) is 10.8 Å². The minimum Gasteiger partial charge on any atom is -0.456 e. The first kappa shape index (κ1) is 16.2. The molecule has 1 radical (unpaired) electrons. The quantitative estimate of drug-likeness (QED) is 0.405. The summed E-state index contributed by atoms with van der Waals surface area (Å²) in [5, 5.41) is 4.12. The van der Waals surface area contributed by atoms with Crippen molar-refractivity contribution in [3.8, 4) is 16.9 Å². The molecular formula is C24H17O2S. The molecule has 0 saturated heterocycles. The Morgan fingerprint density at radius 1 is 0.704 bits per heavy atom. The van der Waals surface area contributed by atoms with Crippen LogP contribution in [0.1, 0.15) is 5.56 Å². The molecule has 1 unspecified atom stereocenters. The van der Waals surface area contributed by atoms with Crippen LogP contribution in [0.2, 0.25) is 0 Å². The summed E-state index contributed by atoms with van der Waals surface area (Å²) in [5.74, 6) is 1.42. The molecule has 0 aromatic heterocycles. The maximum atomic E-state index is 12.7. The minimum absolute atomic E-state index is 0.668. The minimum atomic E-state index is -1.60. The van der Waals surface area contributed by atoms with E-state index in [4.69, 9.17) is 4.74 Å². The van der Waals surface area contributed by atoms with Gasteiger partial charge in [0.15, 0.2) is 0 Å². The van der Waals surface area contributed by atoms with Gasteiger partial charge in [-0.2, -0.15) is 4.55 Å². The Balaban J connectivity index is 1.55. The summed E-state index contributed by atoms with van der Waals surface area (Å²) in [4.78, 5) is 0.835. The van der Waals surface area contributed by atoms with Gasteiger partial charge in [-0.1, -0.05) is 77.9 Å². The third kappa shape index (κ3) is 2.91. The summed E-state index contributed by atoms with van der Waals surface area (Å²) >= 11 is -1.60. The molecule has 0 fully saturated rings. The molecule has 27 heavy (non-hydrogen) atoms. The Bertz CT molecular complexity index is 1160. The third-order valence-electron chi connectivity index (χ3n) is 4.81. The van der Waals surface area contributed by atoms with Gasteiger partial charge in [-0.3, -0.25) is 0 Å². The third-order valence-corrected chi connectivity index (χ3v) is 6.12. The second-order valence-electron chi connectivity index (χ2n) is 6.49. The molecule has 5 rings (SSSR count). The lowest BCUT2D eigenvalue weighted by molar-refractivity contribution is 0.515. The number of thiol groups is 1. The summed E-state index contributed by atoms with van der Waals surface area (Å²) in [6.07, 6.45) is 0. The second-order valence-corrected chi connectivity index (χ2v) is 7.88. The Morgan fingerprint density at radius 3 is 2.37 bits per heavy atom. The summed E-state index contributed by atoms with van der Waals surface area (Å²) in [7, 11) is 0. The highest BCUT2D eigenvalue weighted by molar-refractivity contribution is 8.15. The molecule has 1 atom stereocenters. The van der Waals surface area contributed by atoms with E-state index < -0.39 is 11.2 Å². The fourth-order valence-electron chi connectivity index (χ4n) is 3.51. The number of rotatable bonds is 3. The standard InChI is InChI=1S/C24H17O2S/c25-27-16-23(26-19-9-2-1-3-10-19)22-14-13-18(15-24(22)27)21-12-6-8-17-7-4-5-11-20(17)21/h1-16,27H. The highest BCUT2D eigenvalue weighted by atomic mass is 32.2. The second kappa shape index (κ2) is 6.62. The molecule has 131 valence electrons. The van der Waals surface area contributed by atoms with Crippen molar-refractivity contribution in [2.24, 2.45) is 0 Å². The molecule has 0 spiro atoms. The lowest BCUT2D eigenvalue weighted by atomic mass is 9.97. The van der Waals surface area contributed by atoms with Crippen LogP contribution in [-0.2, 0) is 4.55 Å². The topological polar surface area (TPSA) is 29.1 Å². The van der Waals surface area contributed by atoms with Crippen LogP contribution in [0.4, 0.5) is 0 Å². The van der Waals surface area contributed by atoms with Crippen molar-refractivity contribution >= 4 is 27.7 Å². The molecule has 4 aromatic rings. The van der Waals surface area contributed by atoms with Crippen LogP contribution in [0.15, 0.2) is 101 Å². The van der Waals surface area contributed by atoms with Crippen molar-refractivity contribution in [2.45, 2.75) is 4.90 Å². The molecular weight excluding hydrogens is 352 g/mol. The van der Waals surface area contributed by atoms with Gasteiger partial charge in [0.1, 0.15) is 11.5 Å². The molecule has 1 aliphatic heterocycles. The van der Waals surface area contributed by atoms with Gasteiger partial charge in [-0.05, 0) is 46.2 Å². The molecule has 1 aliphatic rings. The number of fused-ring (bicyclic) bond motifs is 2. The Morgan fingerprint density at radius 2 is 1.48 bits per heavy atom. The molecule has 3 heteroatoms. The maximum Gasteiger partial charge on any atom is 0.142 e. The fourth-order valence-corrected chi connectivity index (χ4v) is 4.74. The highest BCUT2D eigenvalue weighted by Crippen LogP contribution is 2.49. The molecule has 0 N–H and O–H groups in total. The van der Waals surface area contributed by atoms with Crippen molar-refractivity contribution in [2.75, 3.05) is 0 Å². The summed E-state index contributed by atoms with van der Waals surface area (Å²) in [6.45, 7) is 0. The van der Waals surface area contributed by atoms with Gasteiger partial charge in [-0.25, -0.2) is 0 Å². The lowest BCUT2D eigenvalue weighted by Crippen LogP contribution is -1.93. The van der Waals surface area contributed by atoms with Gasteiger partial charge in [0.25, 0.3) is 0 Å². The lowest BCUT2D eigenvalue weighted by Gasteiger charge is -2.12. The molecule has 0 bridgehead atoms. The van der Waals surface area contributed by atoms with E-state index in [0.717, 1.165) is 27.3 Å². The summed E-state index contributed by atoms with van der Waals surface area (Å²) < 4.78 is 18.7. The smallest absolute Gasteiger partial charge is 0.142 e. The molecule has 0 saturated carbocycles. The average molecular weight is 369 g/mol. The molecule has 4 aromatic carbocycles. The van der Waals surface area contributed by atoms with Gasteiger partial charge in [0, 0.05) is 15.9 Å². The first-order valence-electron chi connectivity index (χ1n) is 8.83. The van der Waals surface area contributed by atoms with Crippen LogP contribution in [0.25, 0.3) is 27.7 Å². The van der Waals surface area contributed by atoms with Crippen LogP contribution in [-0.4, -0.2) is 0 Å². The van der Waals surface area contributed by atoms with Crippen LogP contribution < -0.4 is 4.74 Å². The predicted octanol–water partition coefficient (Wildman–Crippen LogP) is 6.60. The first-order valence-corrected chi connectivity index (χ1v) is 10.2. The van der Waals surface area contributed by atoms with Crippen LogP contribution >= 0.6 is 11.2 Å². The van der Waals surface area contributed by atoms with Crippen molar-refractivity contribution in [1.82, 2.24) is 0 Å². The fraction of sp³-hybridized carbons (Fsp3) is 0. The zero-order valence-corrected chi connectivity index (χ0v) is 15.4. The number of hydrogen-bond acceptors (Lipinski definition) is 1. The van der Waals surface area contributed by atoms with Crippen molar-refractivity contribution < 1.29 is 9.29 Å². The van der Waals surface area contributed by atoms with Crippen molar-refractivity contribution in [3.05, 3.63) is 102 Å². The molecule has 2 nitrogen and oxygen atoms in total. The Hall–Kier alpha value is -3.01. The Labute approximate surface area is 160 Å². The van der Waals surface area contributed by atoms with Gasteiger partial charge >= 0.3 is 0 Å². The van der Waals surface area contributed by atoms with E-state index >= 15 is 0 Å². The zero-order valence-electron chi connectivity index (χ0n) is 14.5. The van der Waals surface area contributed by atoms with Crippen LogP contribution in [0.3, 0.4) is 0 Å². The van der Waals surface area contributed by atoms with Crippen molar-refractivity contribution in [3.63, 3.8) is 0 Å². The van der Waals surface area contributed by atoms with Crippen LogP contribution in [0, 0.1) is 0 Å². The maximum absolute atomic E-state index is 12.7. The average Bonchev–Trinajstić information content (AvgIpc) is 3.03. The number of ether oxygens (including phenoxy) is 1. The van der Waals surface area contributed by atoms with Crippen molar-refractivity contribution in [1.29, 1.82) is 0 Å². The Kier molecular flexibility index (Phi) is 3.97. The summed E-state index contributed by atoms with van der Waals surface area (Å²) in [5.41, 5.74) is 3.13. The van der Waals surface area contributed by atoms with Gasteiger partial charge < -0.3 is 4.74 Å². The zero-order chi connectivity index (χ0) is 18.2. The monoisotopic (exact) mass is 369 g/mol. The number of para-hydroxylation sites is 1. The number of hydrogen-bond donors (Lipinski definition) is 1. The molecule has 0 aliphatic carbocycles. The van der Waals surface area contributed by atoms with E-state index in [0.29, 0.717) is 5.76 Å². The highest BCUT2D eigenvalue weighted by Gasteiger charge is 2.23. The van der Waals surface area contributed by atoms with Crippen LogP contribution in [0.5, 0.6) is 5.75 Å². The van der Waals surface area contributed by atoms with E-state index in [2.05, 4.69) is 36.4 Å². The van der Waals surface area contributed by atoms with E-state index in [1.54, 1.807) is 5.41 Å². The van der Waals surface area contributed by atoms with Gasteiger partial charge in [0.05, 0.1) is 0 Å². The first-order chi connectivity index (χ1) is 13.3. The van der Waals surface area contributed by atoms with E-state index in [9.17, 15) is 4.55 Å². The predicted molar refractivity (Wildman–Crippen MR) is 112 cm³/mol. The number of benzene rings is 4. The largest absolute Gasteiger partial charge is 0.456 e.